The summed E-state index contributed by atoms with van der Waals surface area (Å²) in [6.45, 7) is 0.00903. The van der Waals surface area contributed by atoms with Gasteiger partial charge in [0.25, 0.3) is 0 Å². The van der Waals surface area contributed by atoms with E-state index in [1.54, 1.807) is 0 Å². The molecule has 1 fully saturated rings. The molecule has 2 heterocycles. The molecule has 84 valence electrons. The lowest BCUT2D eigenvalue weighted by Gasteiger charge is -2.16. The molecule has 0 spiro atoms. The van der Waals surface area contributed by atoms with E-state index in [0.717, 1.165) is 11.1 Å². The quantitative estimate of drug-likeness (QED) is 0.801. The Hall–Kier alpha value is -1.98. The van der Waals surface area contributed by atoms with Crippen LogP contribution in [-0.2, 0) is 9.59 Å². The number of carboxylic acid groups (broad SMARTS) is 1. The highest BCUT2D eigenvalue weighted by molar-refractivity contribution is 5.99. The third-order valence-electron chi connectivity index (χ3n) is 2.52. The van der Waals surface area contributed by atoms with Crippen LogP contribution in [0.1, 0.15) is 6.42 Å². The molecule has 1 aromatic rings. The Morgan fingerprint density at radius 2 is 2.38 bits per heavy atom. The largest absolute Gasteiger partial charge is 0.481 e. The number of carbonyl (C=O) groups excluding carboxylic acids is 1. The molecule has 0 saturated carbocycles. The van der Waals surface area contributed by atoms with Crippen LogP contribution in [0.4, 0.5) is 10.1 Å². The van der Waals surface area contributed by atoms with Crippen molar-refractivity contribution >= 4 is 17.6 Å². The van der Waals surface area contributed by atoms with Crippen LogP contribution in [0, 0.1) is 11.7 Å². The summed E-state index contributed by atoms with van der Waals surface area (Å²) >= 11 is 0. The average Bonchev–Trinajstić information content (AvgIpc) is 2.61. The Labute approximate surface area is 90.5 Å². The Kier molecular flexibility index (Phi) is 2.55. The maximum absolute atomic E-state index is 13.3. The van der Waals surface area contributed by atoms with Gasteiger partial charge in [-0.2, -0.15) is 0 Å². The number of rotatable bonds is 2. The fraction of sp³-hybridized carbons (Fsp3) is 0.300. The predicted molar refractivity (Wildman–Crippen MR) is 52.3 cm³/mol. The van der Waals surface area contributed by atoms with E-state index in [2.05, 4.69) is 4.98 Å². The monoisotopic (exact) mass is 224 g/mol. The number of nitrogens with zero attached hydrogens (tertiary/aromatic N) is 2. The lowest BCUT2D eigenvalue weighted by atomic mass is 10.1. The number of halogens is 1. The zero-order valence-electron chi connectivity index (χ0n) is 8.26. The van der Waals surface area contributed by atoms with Crippen LogP contribution in [0.3, 0.4) is 0 Å². The molecule has 2 rings (SSSR count). The summed E-state index contributed by atoms with van der Waals surface area (Å²) in [5.41, 5.74) is 0.0868. The summed E-state index contributed by atoms with van der Waals surface area (Å²) in [5, 5.41) is 8.78. The third kappa shape index (κ3) is 1.73. The van der Waals surface area contributed by atoms with E-state index < -0.39 is 17.7 Å². The summed E-state index contributed by atoms with van der Waals surface area (Å²) in [5.74, 6) is -2.80. The zero-order valence-corrected chi connectivity index (χ0v) is 8.26. The lowest BCUT2D eigenvalue weighted by molar-refractivity contribution is -0.141. The first-order valence-electron chi connectivity index (χ1n) is 4.72. The second-order valence-corrected chi connectivity index (χ2v) is 3.57. The van der Waals surface area contributed by atoms with Crippen molar-refractivity contribution in [1.29, 1.82) is 0 Å². The molecule has 1 saturated heterocycles. The van der Waals surface area contributed by atoms with Gasteiger partial charge in [-0.3, -0.25) is 14.6 Å². The van der Waals surface area contributed by atoms with E-state index in [0.29, 0.717) is 0 Å². The Balaban J connectivity index is 2.27. The van der Waals surface area contributed by atoms with Crippen molar-refractivity contribution in [2.24, 2.45) is 5.92 Å². The molecule has 1 N–H and O–H groups in total. The number of aromatic nitrogens is 1. The van der Waals surface area contributed by atoms with Gasteiger partial charge in [-0.25, -0.2) is 4.39 Å². The highest BCUT2D eigenvalue weighted by Crippen LogP contribution is 2.26. The van der Waals surface area contributed by atoms with Gasteiger partial charge >= 0.3 is 5.97 Å². The highest BCUT2D eigenvalue weighted by atomic mass is 19.1. The summed E-state index contributed by atoms with van der Waals surface area (Å²) < 4.78 is 13.3. The molecule has 16 heavy (non-hydrogen) atoms. The normalized spacial score (nSPS) is 20.2. The second-order valence-electron chi connectivity index (χ2n) is 3.57. The number of hydrogen-bond donors (Lipinski definition) is 1. The van der Waals surface area contributed by atoms with Crippen LogP contribution in [0.15, 0.2) is 18.5 Å². The molecule has 1 aromatic heterocycles. The van der Waals surface area contributed by atoms with Crippen molar-refractivity contribution in [2.75, 3.05) is 11.4 Å². The number of anilines is 1. The first-order chi connectivity index (χ1) is 7.59. The first kappa shape index (κ1) is 10.5. The number of carboxylic acids is 1. The van der Waals surface area contributed by atoms with E-state index in [1.165, 1.54) is 12.3 Å². The fourth-order valence-electron chi connectivity index (χ4n) is 1.69. The SMILES string of the molecule is O=C(O)C1CC(=O)N(c2ccncc2F)C1. The second kappa shape index (κ2) is 3.88. The van der Waals surface area contributed by atoms with Crippen LogP contribution in [0.25, 0.3) is 0 Å². The van der Waals surface area contributed by atoms with Crippen molar-refractivity contribution in [1.82, 2.24) is 4.98 Å². The predicted octanol–water partition coefficient (Wildman–Crippen LogP) is 0.658. The van der Waals surface area contributed by atoms with Crippen LogP contribution in [0.5, 0.6) is 0 Å². The minimum Gasteiger partial charge on any atom is -0.481 e. The topological polar surface area (TPSA) is 70.5 Å². The molecular formula is C10H9FN2O3. The molecular weight excluding hydrogens is 215 g/mol. The van der Waals surface area contributed by atoms with Gasteiger partial charge in [0.15, 0.2) is 5.82 Å². The van der Waals surface area contributed by atoms with Gasteiger partial charge in [0.05, 0.1) is 17.8 Å². The van der Waals surface area contributed by atoms with E-state index in [4.69, 9.17) is 5.11 Å². The maximum Gasteiger partial charge on any atom is 0.308 e. The maximum atomic E-state index is 13.3. The summed E-state index contributed by atoms with van der Waals surface area (Å²) in [7, 11) is 0. The van der Waals surface area contributed by atoms with E-state index >= 15 is 0 Å². The number of hydrogen-bond acceptors (Lipinski definition) is 3. The minimum atomic E-state index is -1.04. The molecule has 0 aliphatic carbocycles. The van der Waals surface area contributed by atoms with Crippen LogP contribution in [0.2, 0.25) is 0 Å². The molecule has 6 heteroatoms. The molecule has 1 aliphatic heterocycles. The van der Waals surface area contributed by atoms with Crippen molar-refractivity contribution in [2.45, 2.75) is 6.42 Å². The van der Waals surface area contributed by atoms with E-state index in [-0.39, 0.29) is 24.6 Å². The molecule has 1 amide bonds. The standard InChI is InChI=1S/C10H9FN2O3/c11-7-4-12-2-1-8(7)13-5-6(10(15)16)3-9(13)14/h1-2,4,6H,3,5H2,(H,15,16). The Morgan fingerprint density at radius 1 is 1.62 bits per heavy atom. The molecule has 0 aromatic carbocycles. The van der Waals surface area contributed by atoms with E-state index in [1.807, 2.05) is 0 Å². The molecule has 1 unspecified atom stereocenters. The summed E-state index contributed by atoms with van der Waals surface area (Å²) in [4.78, 5) is 27.0. The van der Waals surface area contributed by atoms with Crippen molar-refractivity contribution < 1.29 is 19.1 Å². The average molecular weight is 224 g/mol. The molecule has 1 atom stereocenters. The van der Waals surface area contributed by atoms with Gasteiger partial charge in [-0.15, -0.1) is 0 Å². The van der Waals surface area contributed by atoms with Gasteiger partial charge in [-0.1, -0.05) is 0 Å². The van der Waals surface area contributed by atoms with Gasteiger partial charge < -0.3 is 10.0 Å². The zero-order chi connectivity index (χ0) is 11.7. The first-order valence-corrected chi connectivity index (χ1v) is 4.72. The van der Waals surface area contributed by atoms with Crippen LogP contribution >= 0.6 is 0 Å². The Bertz CT molecular complexity index is 449. The van der Waals surface area contributed by atoms with Crippen molar-refractivity contribution in [3.05, 3.63) is 24.3 Å². The number of aliphatic carboxylic acids is 1. The van der Waals surface area contributed by atoms with E-state index in [9.17, 15) is 14.0 Å². The molecule has 0 radical (unpaired) electrons. The summed E-state index contributed by atoms with van der Waals surface area (Å²) in [6.07, 6.45) is 2.27. The number of amides is 1. The summed E-state index contributed by atoms with van der Waals surface area (Å²) in [6, 6.07) is 1.36. The lowest BCUT2D eigenvalue weighted by Crippen LogP contribution is -2.26. The van der Waals surface area contributed by atoms with Crippen LogP contribution < -0.4 is 4.90 Å². The number of pyridine rings is 1. The van der Waals surface area contributed by atoms with Gasteiger partial charge in [0.2, 0.25) is 5.91 Å². The molecule has 0 bridgehead atoms. The Morgan fingerprint density at radius 3 is 2.94 bits per heavy atom. The molecule has 5 nitrogen and oxygen atoms in total. The van der Waals surface area contributed by atoms with Gasteiger partial charge in [0, 0.05) is 19.2 Å². The van der Waals surface area contributed by atoms with Crippen LogP contribution in [-0.4, -0.2) is 28.5 Å². The number of carbonyl (C=O) groups is 2. The van der Waals surface area contributed by atoms with Gasteiger partial charge in [-0.05, 0) is 6.07 Å². The smallest absolute Gasteiger partial charge is 0.308 e. The van der Waals surface area contributed by atoms with Crippen molar-refractivity contribution in [3.8, 4) is 0 Å². The van der Waals surface area contributed by atoms with Gasteiger partial charge in [0.1, 0.15) is 0 Å². The highest BCUT2D eigenvalue weighted by Gasteiger charge is 2.35. The molecule has 1 aliphatic rings. The third-order valence-corrected chi connectivity index (χ3v) is 2.52. The van der Waals surface area contributed by atoms with Crippen molar-refractivity contribution in [3.63, 3.8) is 0 Å². The fourth-order valence-corrected chi connectivity index (χ4v) is 1.69. The minimum absolute atomic E-state index is 0.00903.